The van der Waals surface area contributed by atoms with Crippen LogP contribution >= 0.6 is 11.6 Å². The number of halogens is 1. The topological polar surface area (TPSA) is 96.0 Å². The third kappa shape index (κ3) is 5.32. The zero-order chi connectivity index (χ0) is 24.3. The number of nitrogens with zero attached hydrogens (tertiary/aromatic N) is 2. The van der Waals surface area contributed by atoms with E-state index in [9.17, 15) is 17.4 Å². The van der Waals surface area contributed by atoms with Gasteiger partial charge in [0.1, 0.15) is 4.90 Å². The number of amides is 1. The van der Waals surface area contributed by atoms with E-state index in [0.29, 0.717) is 29.4 Å². The Morgan fingerprint density at radius 3 is 2.21 bits per heavy atom. The average molecular weight is 526 g/mol. The number of nitrogens with one attached hydrogen (secondary N) is 1. The lowest BCUT2D eigenvalue weighted by Crippen LogP contribution is -2.40. The van der Waals surface area contributed by atoms with Crippen LogP contribution in [0.1, 0.15) is 29.6 Å². The molecule has 1 unspecified atom stereocenters. The molecule has 8 nitrogen and oxygen atoms in total. The Morgan fingerprint density at radius 1 is 0.912 bits per heavy atom. The molecule has 2 aliphatic heterocycles. The molecule has 0 spiro atoms. The predicted octanol–water partition coefficient (Wildman–Crippen LogP) is 3.09. The van der Waals surface area contributed by atoms with E-state index in [2.05, 4.69) is 11.2 Å². The predicted molar refractivity (Wildman–Crippen MR) is 134 cm³/mol. The van der Waals surface area contributed by atoms with E-state index >= 15 is 0 Å². The minimum atomic E-state index is -3.82. The van der Waals surface area contributed by atoms with Crippen LogP contribution in [0.15, 0.2) is 52.3 Å². The second-order valence-electron chi connectivity index (χ2n) is 8.27. The highest BCUT2D eigenvalue weighted by Crippen LogP contribution is 2.29. The summed E-state index contributed by atoms with van der Waals surface area (Å²) in [4.78, 5) is 13.3. The molecule has 2 aliphatic rings. The van der Waals surface area contributed by atoms with Gasteiger partial charge in [-0.25, -0.2) is 16.9 Å². The highest BCUT2D eigenvalue weighted by Gasteiger charge is 2.29. The summed E-state index contributed by atoms with van der Waals surface area (Å²) in [5.41, 5.74) is 0.657. The number of ether oxygens (including phenoxy) is 1. The zero-order valence-electron chi connectivity index (χ0n) is 18.7. The standard InChI is InChI=1S/C23H28ClN3O5S2/c1-33(29,26-11-3-2-4-12-26)20-8-5-18(6-9-20)23(28)25-19-7-10-21(24)22(17-19)34(30,31)27-13-15-32-16-14-27/h5-10,17H,1-4,11-16H2,(H,25,28). The van der Waals surface area contributed by atoms with E-state index in [0.717, 1.165) is 32.4 Å². The fourth-order valence-electron chi connectivity index (χ4n) is 4.04. The third-order valence-electron chi connectivity index (χ3n) is 5.99. The van der Waals surface area contributed by atoms with Gasteiger partial charge in [-0.05, 0) is 61.2 Å². The van der Waals surface area contributed by atoms with Gasteiger partial charge in [-0.15, -0.1) is 0 Å². The van der Waals surface area contributed by atoms with Crippen LogP contribution in [0.25, 0.3) is 0 Å². The van der Waals surface area contributed by atoms with Crippen LogP contribution in [0.5, 0.6) is 0 Å². The van der Waals surface area contributed by atoms with Crippen molar-refractivity contribution in [2.75, 3.05) is 44.7 Å². The average Bonchev–Trinajstić information content (AvgIpc) is 2.86. The first kappa shape index (κ1) is 25.2. The molecule has 2 aromatic rings. The second kappa shape index (κ2) is 10.3. The number of morpholine rings is 1. The van der Waals surface area contributed by atoms with Gasteiger partial charge in [0.05, 0.1) is 27.9 Å². The molecule has 184 valence electrons. The van der Waals surface area contributed by atoms with E-state index in [4.69, 9.17) is 16.3 Å². The number of rotatable bonds is 6. The molecule has 1 atom stereocenters. The smallest absolute Gasteiger partial charge is 0.255 e. The van der Waals surface area contributed by atoms with E-state index in [-0.39, 0.29) is 23.0 Å². The van der Waals surface area contributed by atoms with Gasteiger partial charge >= 0.3 is 0 Å². The second-order valence-corrected chi connectivity index (χ2v) is 12.9. The maximum atomic E-state index is 13.2. The van der Waals surface area contributed by atoms with E-state index in [1.807, 2.05) is 4.31 Å². The summed E-state index contributed by atoms with van der Waals surface area (Å²) in [5.74, 6) is 3.54. The first-order chi connectivity index (χ1) is 16.2. The van der Waals surface area contributed by atoms with Crippen molar-refractivity contribution in [3.8, 4) is 0 Å². The maximum absolute atomic E-state index is 13.2. The Bertz CT molecular complexity index is 1250. The lowest BCUT2D eigenvalue weighted by atomic mass is 10.2. The lowest BCUT2D eigenvalue weighted by Gasteiger charge is -2.29. The van der Waals surface area contributed by atoms with Crippen LogP contribution in [0.4, 0.5) is 5.69 Å². The fraction of sp³-hybridized carbons (Fsp3) is 0.391. The van der Waals surface area contributed by atoms with Crippen molar-refractivity contribution < 1.29 is 22.2 Å². The minimum Gasteiger partial charge on any atom is -0.379 e. The number of carbonyl (C=O) groups is 1. The van der Waals surface area contributed by atoms with Crippen LogP contribution in [0.2, 0.25) is 5.02 Å². The third-order valence-corrected chi connectivity index (χ3v) is 10.6. The monoisotopic (exact) mass is 525 g/mol. The highest BCUT2D eigenvalue weighted by molar-refractivity contribution is 7.98. The normalized spacial score (nSPS) is 19.9. The van der Waals surface area contributed by atoms with Gasteiger partial charge in [-0.2, -0.15) is 4.31 Å². The Kier molecular flexibility index (Phi) is 7.66. The molecule has 2 aromatic carbocycles. The molecule has 0 bridgehead atoms. The molecule has 0 aromatic heterocycles. The van der Waals surface area contributed by atoms with E-state index < -0.39 is 25.6 Å². The van der Waals surface area contributed by atoms with Crippen LogP contribution in [0.3, 0.4) is 0 Å². The highest BCUT2D eigenvalue weighted by atomic mass is 35.5. The molecule has 0 aliphatic carbocycles. The van der Waals surface area contributed by atoms with Crippen LogP contribution in [-0.4, -0.2) is 72.4 Å². The molecule has 2 fully saturated rings. The van der Waals surface area contributed by atoms with Gasteiger partial charge in [-0.1, -0.05) is 18.0 Å². The number of sulfonamides is 1. The fourth-order valence-corrected chi connectivity index (χ4v) is 7.65. The molecule has 4 rings (SSSR count). The number of benzene rings is 2. The van der Waals surface area contributed by atoms with Gasteiger partial charge in [0.2, 0.25) is 10.0 Å². The van der Waals surface area contributed by atoms with Crippen molar-refractivity contribution in [3.05, 3.63) is 53.1 Å². The molecule has 1 amide bonds. The minimum absolute atomic E-state index is 0.0671. The summed E-state index contributed by atoms with van der Waals surface area (Å²) in [6.07, 6.45) is 3.12. The quantitative estimate of drug-likeness (QED) is 0.585. The van der Waals surface area contributed by atoms with Crippen LogP contribution < -0.4 is 5.32 Å². The number of hydrogen-bond acceptors (Lipinski definition) is 5. The molecular formula is C23H28ClN3O5S2. The Morgan fingerprint density at radius 2 is 1.56 bits per heavy atom. The van der Waals surface area contributed by atoms with Gasteiger partial charge in [-0.3, -0.25) is 4.79 Å². The molecule has 11 heteroatoms. The number of anilines is 1. The Hall–Kier alpha value is -1.95. The van der Waals surface area contributed by atoms with Crippen molar-refractivity contribution in [1.82, 2.24) is 8.61 Å². The summed E-state index contributed by atoms with van der Waals surface area (Å²) in [6, 6.07) is 10.9. The van der Waals surface area contributed by atoms with E-state index in [1.54, 1.807) is 30.3 Å². The molecular weight excluding hydrogens is 498 g/mol. The first-order valence-corrected chi connectivity index (χ1v) is 14.6. The van der Waals surface area contributed by atoms with Crippen LogP contribution in [-0.2, 0) is 24.5 Å². The maximum Gasteiger partial charge on any atom is 0.255 e. The zero-order valence-corrected chi connectivity index (χ0v) is 21.1. The summed E-state index contributed by atoms with van der Waals surface area (Å²) in [7, 11) is -6.42. The molecule has 2 heterocycles. The van der Waals surface area contributed by atoms with Crippen molar-refractivity contribution in [1.29, 1.82) is 0 Å². The van der Waals surface area contributed by atoms with Gasteiger partial charge in [0, 0.05) is 42.3 Å². The number of carbonyl (C=O) groups excluding carboxylic acids is 1. The molecule has 0 saturated carbocycles. The van der Waals surface area contributed by atoms with Gasteiger partial charge < -0.3 is 10.1 Å². The Labute approximate surface area is 206 Å². The summed E-state index contributed by atoms with van der Waals surface area (Å²) in [5, 5.41) is 2.80. The number of hydrogen-bond donors (Lipinski definition) is 1. The first-order valence-electron chi connectivity index (χ1n) is 11.1. The lowest BCUT2D eigenvalue weighted by molar-refractivity contribution is 0.0730. The summed E-state index contributed by atoms with van der Waals surface area (Å²) < 4.78 is 47.7. The SMILES string of the molecule is C=S(=O)(c1ccc(C(=O)Nc2ccc(Cl)c(S(=O)(=O)N3CCOCC3)c2)cc1)N1CCCCC1. The molecule has 0 radical (unpaired) electrons. The van der Waals surface area contributed by atoms with Crippen molar-refractivity contribution in [3.63, 3.8) is 0 Å². The summed E-state index contributed by atoms with van der Waals surface area (Å²) in [6.45, 7) is 2.62. The summed E-state index contributed by atoms with van der Waals surface area (Å²) >= 11 is 6.19. The largest absolute Gasteiger partial charge is 0.379 e. The van der Waals surface area contributed by atoms with Crippen molar-refractivity contribution in [2.24, 2.45) is 0 Å². The molecule has 2 saturated heterocycles. The van der Waals surface area contributed by atoms with Crippen molar-refractivity contribution >= 4 is 48.8 Å². The van der Waals surface area contributed by atoms with Gasteiger partial charge in [0.15, 0.2) is 0 Å². The van der Waals surface area contributed by atoms with Gasteiger partial charge in [0.25, 0.3) is 5.91 Å². The van der Waals surface area contributed by atoms with Crippen LogP contribution in [0, 0.1) is 0 Å². The van der Waals surface area contributed by atoms with Crippen molar-refractivity contribution in [2.45, 2.75) is 29.1 Å². The van der Waals surface area contributed by atoms with E-state index in [1.165, 1.54) is 16.4 Å². The molecule has 1 N–H and O–H groups in total. The Balaban J connectivity index is 1.50. The molecule has 34 heavy (non-hydrogen) atoms. The number of piperidine rings is 1.